The lowest BCUT2D eigenvalue weighted by atomic mass is 9.84. The molecule has 3 aromatic rings. The predicted octanol–water partition coefficient (Wildman–Crippen LogP) is 5.44. The van der Waals surface area contributed by atoms with Gasteiger partial charge in [-0.2, -0.15) is 0 Å². The average Bonchev–Trinajstić information content (AvgIpc) is 3.27. The topological polar surface area (TPSA) is 74.6 Å². The maximum atomic E-state index is 13.5. The van der Waals surface area contributed by atoms with Gasteiger partial charge in [-0.1, -0.05) is 72.8 Å². The van der Waals surface area contributed by atoms with Gasteiger partial charge in [0.05, 0.1) is 0 Å². The van der Waals surface area contributed by atoms with Crippen LogP contribution >= 0.6 is 0 Å². The number of carbonyl (C=O) groups excluding carboxylic acids is 2. The van der Waals surface area contributed by atoms with Gasteiger partial charge in [-0.15, -0.1) is 0 Å². The molecule has 4 heteroatoms. The van der Waals surface area contributed by atoms with Crippen molar-refractivity contribution in [1.82, 2.24) is 0 Å². The summed E-state index contributed by atoms with van der Waals surface area (Å²) in [6, 6.07) is 21.2. The molecule has 146 valence electrons. The summed E-state index contributed by atoms with van der Waals surface area (Å²) in [5.74, 6) is -2.42. The highest BCUT2D eigenvalue weighted by molar-refractivity contribution is 6.15. The Bertz CT molecular complexity index is 1170. The van der Waals surface area contributed by atoms with Crippen LogP contribution in [0.3, 0.4) is 0 Å². The molecule has 0 saturated heterocycles. The Morgan fingerprint density at radius 2 is 0.933 bits per heavy atom. The highest BCUT2D eigenvalue weighted by atomic mass is 16.3. The molecule has 0 radical (unpaired) electrons. The molecule has 2 N–H and O–H groups in total. The summed E-state index contributed by atoms with van der Waals surface area (Å²) >= 11 is 0. The number of allylic oxidation sites excluding steroid dienone is 2. The molecule has 0 bridgehead atoms. The van der Waals surface area contributed by atoms with E-state index in [0.29, 0.717) is 0 Å². The first-order valence-corrected chi connectivity index (χ1v) is 9.72. The molecule has 2 unspecified atom stereocenters. The van der Waals surface area contributed by atoms with Crippen LogP contribution in [0.5, 0.6) is 0 Å². The second kappa shape index (κ2) is 6.85. The molecule has 5 rings (SSSR count). The van der Waals surface area contributed by atoms with Gasteiger partial charge in [0.25, 0.3) is 0 Å². The molecule has 2 atom stereocenters. The molecule has 0 fully saturated rings. The fourth-order valence-corrected chi connectivity index (χ4v) is 4.39. The first-order valence-electron chi connectivity index (χ1n) is 9.72. The number of rotatable bonds is 4. The monoisotopic (exact) mass is 394 g/mol. The van der Waals surface area contributed by atoms with Crippen molar-refractivity contribution < 1.29 is 19.8 Å². The van der Waals surface area contributed by atoms with Gasteiger partial charge in [-0.05, 0) is 34.4 Å². The van der Waals surface area contributed by atoms with Crippen LogP contribution in [0.1, 0.15) is 54.8 Å². The van der Waals surface area contributed by atoms with Crippen LogP contribution in [0.15, 0.2) is 84.3 Å². The largest absolute Gasteiger partial charge is 0.511 e. The van der Waals surface area contributed by atoms with Crippen LogP contribution in [-0.4, -0.2) is 21.8 Å². The van der Waals surface area contributed by atoms with Gasteiger partial charge in [0.2, 0.25) is 0 Å². The number of benzene rings is 3. The van der Waals surface area contributed by atoms with Gasteiger partial charge in [0.1, 0.15) is 23.4 Å². The third-order valence-corrected chi connectivity index (χ3v) is 5.79. The van der Waals surface area contributed by atoms with Gasteiger partial charge in [-0.25, -0.2) is 0 Å². The van der Waals surface area contributed by atoms with Crippen LogP contribution < -0.4 is 0 Å². The quantitative estimate of drug-likeness (QED) is 0.578. The van der Waals surface area contributed by atoms with Crippen LogP contribution in [-0.2, 0) is 0 Å². The smallest absolute Gasteiger partial charge is 0.178 e. The molecule has 2 aliphatic carbocycles. The Balaban J connectivity index is 1.56. The first-order chi connectivity index (χ1) is 14.6. The van der Waals surface area contributed by atoms with E-state index < -0.39 is 11.8 Å². The standard InChI is InChI=1S/C26H18O4/c27-21-13-15-7-1-3-9-17(15)23(21)25(29)19-11-5-6-12-20(19)26(30)24-18-10-4-2-8-16(18)14-22(24)28/h1-14,23-24,27-28H. The van der Waals surface area contributed by atoms with Crippen molar-refractivity contribution in [3.05, 3.63) is 118 Å². The number of aliphatic hydroxyl groups is 2. The van der Waals surface area contributed by atoms with E-state index in [-0.39, 0.29) is 34.2 Å². The average molecular weight is 394 g/mol. The Morgan fingerprint density at radius 3 is 1.37 bits per heavy atom. The van der Waals surface area contributed by atoms with E-state index in [0.717, 1.165) is 22.3 Å². The highest BCUT2D eigenvalue weighted by Crippen LogP contribution is 2.40. The van der Waals surface area contributed by atoms with Crippen molar-refractivity contribution >= 4 is 23.7 Å². The zero-order chi connectivity index (χ0) is 20.8. The minimum absolute atomic E-state index is 0.0302. The number of hydrogen-bond acceptors (Lipinski definition) is 4. The van der Waals surface area contributed by atoms with Crippen molar-refractivity contribution in [3.63, 3.8) is 0 Å². The third-order valence-electron chi connectivity index (χ3n) is 5.79. The molecule has 0 amide bonds. The summed E-state index contributed by atoms with van der Waals surface area (Å²) in [6.07, 6.45) is 3.17. The molecular weight excluding hydrogens is 376 g/mol. The van der Waals surface area contributed by atoms with E-state index in [4.69, 9.17) is 0 Å². The Hall–Kier alpha value is -3.92. The number of fused-ring (bicyclic) bond motifs is 2. The Kier molecular flexibility index (Phi) is 4.14. The SMILES string of the molecule is O=C(c1ccccc1C(=O)C1C(O)=Cc2ccccc21)C1C(O)=Cc2ccccc21. The fourth-order valence-electron chi connectivity index (χ4n) is 4.39. The van der Waals surface area contributed by atoms with Gasteiger partial charge in [-0.3, -0.25) is 9.59 Å². The summed E-state index contributed by atoms with van der Waals surface area (Å²) in [4.78, 5) is 26.9. The first kappa shape index (κ1) is 18.1. The summed E-state index contributed by atoms with van der Waals surface area (Å²) in [5, 5.41) is 20.9. The molecule has 4 nitrogen and oxygen atoms in total. The van der Waals surface area contributed by atoms with Gasteiger partial charge in [0.15, 0.2) is 11.6 Å². The van der Waals surface area contributed by atoms with Crippen molar-refractivity contribution in [2.24, 2.45) is 0 Å². The highest BCUT2D eigenvalue weighted by Gasteiger charge is 2.37. The molecule has 0 spiro atoms. The Labute approximate surface area is 173 Å². The normalized spacial score (nSPS) is 18.9. The second-order valence-electron chi connectivity index (χ2n) is 7.54. The summed E-state index contributed by atoms with van der Waals surface area (Å²) < 4.78 is 0. The zero-order valence-corrected chi connectivity index (χ0v) is 15.9. The maximum absolute atomic E-state index is 13.5. The molecule has 2 aliphatic rings. The van der Waals surface area contributed by atoms with E-state index in [1.54, 1.807) is 36.4 Å². The third kappa shape index (κ3) is 2.69. The number of carbonyl (C=O) groups is 2. The van der Waals surface area contributed by atoms with E-state index in [1.165, 1.54) is 0 Å². The molecule has 0 aromatic heterocycles. The van der Waals surface area contributed by atoms with Crippen LogP contribution in [0.4, 0.5) is 0 Å². The lowest BCUT2D eigenvalue weighted by Crippen LogP contribution is -2.20. The van der Waals surface area contributed by atoms with Gasteiger partial charge in [0, 0.05) is 11.1 Å². The number of aliphatic hydroxyl groups excluding tert-OH is 2. The number of ketones is 2. The van der Waals surface area contributed by atoms with Crippen molar-refractivity contribution in [2.45, 2.75) is 11.8 Å². The summed E-state index contributed by atoms with van der Waals surface area (Å²) in [6.45, 7) is 0. The van der Waals surface area contributed by atoms with E-state index in [2.05, 4.69) is 0 Å². The van der Waals surface area contributed by atoms with Gasteiger partial charge >= 0.3 is 0 Å². The molecule has 0 heterocycles. The Morgan fingerprint density at radius 1 is 0.567 bits per heavy atom. The molecule has 0 saturated carbocycles. The van der Waals surface area contributed by atoms with E-state index in [9.17, 15) is 19.8 Å². The van der Waals surface area contributed by atoms with Crippen molar-refractivity contribution in [1.29, 1.82) is 0 Å². The number of Topliss-reactive ketones (excluding diaryl/α,β-unsaturated/α-hetero) is 2. The maximum Gasteiger partial charge on any atom is 0.178 e. The zero-order valence-electron chi connectivity index (χ0n) is 15.9. The predicted molar refractivity (Wildman–Crippen MR) is 115 cm³/mol. The van der Waals surface area contributed by atoms with Crippen LogP contribution in [0, 0.1) is 0 Å². The summed E-state index contributed by atoms with van der Waals surface area (Å²) in [7, 11) is 0. The van der Waals surface area contributed by atoms with Crippen LogP contribution in [0.25, 0.3) is 12.2 Å². The minimum Gasteiger partial charge on any atom is -0.511 e. The second-order valence-corrected chi connectivity index (χ2v) is 7.54. The fraction of sp³-hybridized carbons (Fsp3) is 0.0769. The molecule has 30 heavy (non-hydrogen) atoms. The van der Waals surface area contributed by atoms with Crippen molar-refractivity contribution in [2.75, 3.05) is 0 Å². The lowest BCUT2D eigenvalue weighted by molar-refractivity contribution is 0.0923. The lowest BCUT2D eigenvalue weighted by Gasteiger charge is -2.17. The molecular formula is C26H18O4. The molecule has 3 aromatic carbocycles. The summed E-state index contributed by atoms with van der Waals surface area (Å²) in [5.41, 5.74) is 3.50. The number of hydrogen-bond donors (Lipinski definition) is 2. The van der Waals surface area contributed by atoms with Crippen molar-refractivity contribution in [3.8, 4) is 0 Å². The minimum atomic E-state index is -0.838. The van der Waals surface area contributed by atoms with E-state index in [1.807, 2.05) is 48.5 Å². The van der Waals surface area contributed by atoms with E-state index >= 15 is 0 Å². The van der Waals surface area contributed by atoms with Crippen LogP contribution in [0.2, 0.25) is 0 Å². The molecule has 0 aliphatic heterocycles. The van der Waals surface area contributed by atoms with Gasteiger partial charge < -0.3 is 10.2 Å².